The van der Waals surface area contributed by atoms with Gasteiger partial charge in [0, 0.05) is 42.2 Å². The van der Waals surface area contributed by atoms with Gasteiger partial charge in [0.25, 0.3) is 5.91 Å². The molecule has 0 N–H and O–H groups in total. The van der Waals surface area contributed by atoms with Gasteiger partial charge in [0.1, 0.15) is 0 Å². The Bertz CT molecular complexity index is 1420. The fraction of sp³-hybridized carbons (Fsp3) is 0.280. The Labute approximate surface area is 188 Å². The number of halogens is 2. The van der Waals surface area contributed by atoms with E-state index in [1.807, 2.05) is 18.0 Å². The third-order valence-electron chi connectivity index (χ3n) is 6.82. The second kappa shape index (κ2) is 7.43. The maximum Gasteiger partial charge on any atom is 0.254 e. The number of benzene rings is 2. The molecule has 0 saturated carbocycles. The van der Waals surface area contributed by atoms with Crippen molar-refractivity contribution in [3.8, 4) is 11.3 Å². The van der Waals surface area contributed by atoms with E-state index < -0.39 is 11.6 Å². The van der Waals surface area contributed by atoms with Crippen molar-refractivity contribution in [2.45, 2.75) is 37.8 Å². The predicted octanol–water partition coefficient (Wildman–Crippen LogP) is 4.60. The first-order valence-electron chi connectivity index (χ1n) is 11.1. The van der Waals surface area contributed by atoms with Crippen molar-refractivity contribution in [2.75, 3.05) is 0 Å². The standard InChI is InChI=1S/C25H21F2N5O/c1-31-24(14-5-7-18(26)19(27)11-14)17-13-16-3-2-4-22(23(17)30-31)32(16)25(33)15-6-8-20-21(12-15)29-10-9-28-20/h5-12,16,22H,2-4,13H2,1H3/t16-,22+/m1/s1. The van der Waals surface area contributed by atoms with Crippen molar-refractivity contribution in [3.63, 3.8) is 0 Å². The van der Waals surface area contributed by atoms with E-state index in [0.29, 0.717) is 23.1 Å². The predicted molar refractivity (Wildman–Crippen MR) is 118 cm³/mol. The maximum absolute atomic E-state index is 14.0. The number of carbonyl (C=O) groups excluding carboxylic acids is 1. The van der Waals surface area contributed by atoms with Gasteiger partial charge in [-0.3, -0.25) is 19.4 Å². The molecule has 0 aliphatic carbocycles. The van der Waals surface area contributed by atoms with Crippen molar-refractivity contribution < 1.29 is 13.6 Å². The Kier molecular flexibility index (Phi) is 4.50. The summed E-state index contributed by atoms with van der Waals surface area (Å²) < 4.78 is 29.2. The molecule has 6 nitrogen and oxygen atoms in total. The van der Waals surface area contributed by atoms with E-state index >= 15 is 0 Å². The summed E-state index contributed by atoms with van der Waals surface area (Å²) in [6.45, 7) is 0. The van der Waals surface area contributed by atoms with Crippen LogP contribution in [0.4, 0.5) is 8.78 Å². The van der Waals surface area contributed by atoms with Crippen molar-refractivity contribution in [1.29, 1.82) is 0 Å². The average Bonchev–Trinajstić information content (AvgIpc) is 3.15. The summed E-state index contributed by atoms with van der Waals surface area (Å²) in [5, 5.41) is 4.76. The molecule has 2 aromatic carbocycles. The molecule has 2 aliphatic heterocycles. The van der Waals surface area contributed by atoms with Crippen LogP contribution in [0.15, 0.2) is 48.8 Å². The number of nitrogens with zero attached hydrogens (tertiary/aromatic N) is 5. The highest BCUT2D eigenvalue weighted by Crippen LogP contribution is 2.45. The Balaban J connectivity index is 1.42. The fourth-order valence-corrected chi connectivity index (χ4v) is 5.40. The van der Waals surface area contributed by atoms with Gasteiger partial charge in [-0.15, -0.1) is 0 Å². The molecule has 1 fully saturated rings. The highest BCUT2D eigenvalue weighted by molar-refractivity contribution is 5.98. The molecule has 2 atom stereocenters. The summed E-state index contributed by atoms with van der Waals surface area (Å²) >= 11 is 0. The lowest BCUT2D eigenvalue weighted by Crippen LogP contribution is -2.49. The van der Waals surface area contributed by atoms with Crippen LogP contribution in [0.2, 0.25) is 0 Å². The lowest BCUT2D eigenvalue weighted by Gasteiger charge is -2.45. The Morgan fingerprint density at radius 2 is 1.82 bits per heavy atom. The van der Waals surface area contributed by atoms with E-state index in [9.17, 15) is 13.6 Å². The van der Waals surface area contributed by atoms with E-state index in [2.05, 4.69) is 9.97 Å². The largest absolute Gasteiger partial charge is 0.327 e. The van der Waals surface area contributed by atoms with Gasteiger partial charge in [0.2, 0.25) is 0 Å². The zero-order valence-electron chi connectivity index (χ0n) is 18.0. The fourth-order valence-electron chi connectivity index (χ4n) is 5.40. The molecule has 6 rings (SSSR count). The van der Waals surface area contributed by atoms with Gasteiger partial charge < -0.3 is 4.90 Å². The molecule has 4 heterocycles. The van der Waals surface area contributed by atoms with Crippen LogP contribution >= 0.6 is 0 Å². The van der Waals surface area contributed by atoms with Gasteiger partial charge in [0.05, 0.1) is 28.5 Å². The van der Waals surface area contributed by atoms with Crippen LogP contribution in [-0.4, -0.2) is 36.6 Å². The number of carbonyl (C=O) groups is 1. The SMILES string of the molecule is Cn1nc2c(c1-c1ccc(F)c(F)c1)C[C@H]1CCC[C@@H]2N1C(=O)c1ccc2nccnc2c1. The number of piperidine rings is 1. The highest BCUT2D eigenvalue weighted by Gasteiger charge is 2.43. The van der Waals surface area contributed by atoms with Gasteiger partial charge in [-0.05, 0) is 62.1 Å². The van der Waals surface area contributed by atoms with Crippen LogP contribution in [0.1, 0.15) is 46.9 Å². The van der Waals surface area contributed by atoms with Gasteiger partial charge >= 0.3 is 0 Å². The number of rotatable bonds is 2. The number of hydrogen-bond donors (Lipinski definition) is 0. The van der Waals surface area contributed by atoms with Gasteiger partial charge in [-0.1, -0.05) is 0 Å². The highest BCUT2D eigenvalue weighted by atomic mass is 19.2. The van der Waals surface area contributed by atoms with Crippen LogP contribution in [0.3, 0.4) is 0 Å². The minimum Gasteiger partial charge on any atom is -0.327 e. The van der Waals surface area contributed by atoms with Crippen molar-refractivity contribution in [1.82, 2.24) is 24.6 Å². The smallest absolute Gasteiger partial charge is 0.254 e. The first kappa shape index (κ1) is 20.0. The van der Waals surface area contributed by atoms with Gasteiger partial charge in [-0.2, -0.15) is 5.10 Å². The van der Waals surface area contributed by atoms with Crippen LogP contribution in [0, 0.1) is 11.6 Å². The molecule has 2 aromatic heterocycles. The molecule has 33 heavy (non-hydrogen) atoms. The lowest BCUT2D eigenvalue weighted by molar-refractivity contribution is 0.0392. The Morgan fingerprint density at radius 1 is 1.00 bits per heavy atom. The maximum atomic E-state index is 14.0. The van der Waals surface area contributed by atoms with E-state index in [-0.39, 0.29) is 18.0 Å². The number of aromatic nitrogens is 4. The Hall–Kier alpha value is -3.68. The second-order valence-electron chi connectivity index (χ2n) is 8.74. The molecular formula is C25H21F2N5O. The zero-order valence-corrected chi connectivity index (χ0v) is 18.0. The molecule has 0 unspecified atom stereocenters. The van der Waals surface area contributed by atoms with Gasteiger partial charge in [0.15, 0.2) is 11.6 Å². The molecule has 2 aliphatic rings. The summed E-state index contributed by atoms with van der Waals surface area (Å²) in [5.74, 6) is -1.79. The number of amides is 1. The second-order valence-corrected chi connectivity index (χ2v) is 8.74. The van der Waals surface area contributed by atoms with Crippen LogP contribution in [0.25, 0.3) is 22.3 Å². The molecule has 1 saturated heterocycles. The van der Waals surface area contributed by atoms with Crippen molar-refractivity contribution >= 4 is 16.9 Å². The summed E-state index contributed by atoms with van der Waals surface area (Å²) in [5.41, 5.74) is 5.26. The zero-order chi connectivity index (χ0) is 22.7. The van der Waals surface area contributed by atoms with Crippen LogP contribution in [-0.2, 0) is 13.5 Å². The first-order valence-corrected chi connectivity index (χ1v) is 11.1. The molecule has 0 radical (unpaired) electrons. The summed E-state index contributed by atoms with van der Waals surface area (Å²) in [4.78, 5) is 24.2. The normalized spacial score (nSPS) is 19.5. The number of fused-ring (bicyclic) bond motifs is 5. The summed E-state index contributed by atoms with van der Waals surface area (Å²) in [6.07, 6.45) is 6.60. The van der Waals surface area contributed by atoms with E-state index in [4.69, 9.17) is 5.10 Å². The number of aryl methyl sites for hydroxylation is 1. The van der Waals surface area contributed by atoms with Crippen molar-refractivity contribution in [3.05, 3.63) is 77.2 Å². The van der Waals surface area contributed by atoms with E-state index in [1.165, 1.54) is 6.07 Å². The first-order chi connectivity index (χ1) is 16.0. The topological polar surface area (TPSA) is 63.9 Å². The average molecular weight is 445 g/mol. The van der Waals surface area contributed by atoms with E-state index in [1.54, 1.807) is 35.3 Å². The number of hydrogen-bond acceptors (Lipinski definition) is 4. The third kappa shape index (κ3) is 3.12. The third-order valence-corrected chi connectivity index (χ3v) is 6.82. The monoisotopic (exact) mass is 445 g/mol. The molecule has 0 spiro atoms. The minimum atomic E-state index is -0.880. The van der Waals surface area contributed by atoms with Crippen LogP contribution in [0.5, 0.6) is 0 Å². The van der Waals surface area contributed by atoms with Gasteiger partial charge in [-0.25, -0.2) is 8.78 Å². The molecular weight excluding hydrogens is 424 g/mol. The van der Waals surface area contributed by atoms with Crippen molar-refractivity contribution in [2.24, 2.45) is 7.05 Å². The summed E-state index contributed by atoms with van der Waals surface area (Å²) in [6, 6.07) is 9.23. The molecule has 166 valence electrons. The molecule has 8 heteroatoms. The quantitative estimate of drug-likeness (QED) is 0.452. The molecule has 2 bridgehead atoms. The lowest BCUT2D eigenvalue weighted by atomic mass is 9.81. The minimum absolute atomic E-state index is 0.0227. The van der Waals surface area contributed by atoms with Crippen LogP contribution < -0.4 is 0 Å². The Morgan fingerprint density at radius 3 is 2.64 bits per heavy atom. The summed E-state index contributed by atoms with van der Waals surface area (Å²) in [7, 11) is 1.81. The molecule has 4 aromatic rings. The molecule has 1 amide bonds. The van der Waals surface area contributed by atoms with E-state index in [0.717, 1.165) is 47.8 Å².